The number of nitrogens with zero attached hydrogens (tertiary/aromatic N) is 4. The first-order valence-electron chi connectivity index (χ1n) is 19.5. The molecule has 0 spiro atoms. The van der Waals surface area contributed by atoms with Crippen LogP contribution in [0.25, 0.3) is 67.5 Å². The molecular formula is C53H38N4. The normalized spacial score (nSPS) is 12.7. The summed E-state index contributed by atoms with van der Waals surface area (Å²) in [5.74, 6) is 1.96. The highest BCUT2D eigenvalue weighted by atomic mass is 15.1. The highest BCUT2D eigenvalue weighted by Crippen LogP contribution is 2.46. The number of hydrogen-bond acceptors (Lipinski definition) is 4. The minimum atomic E-state index is 0.649. The Kier molecular flexibility index (Phi) is 8.98. The van der Waals surface area contributed by atoms with Crippen molar-refractivity contribution in [1.82, 2.24) is 15.0 Å². The van der Waals surface area contributed by atoms with E-state index in [2.05, 4.69) is 151 Å². The van der Waals surface area contributed by atoms with Gasteiger partial charge in [-0.25, -0.2) is 15.0 Å². The lowest BCUT2D eigenvalue weighted by molar-refractivity contribution is 1.07. The van der Waals surface area contributed by atoms with E-state index in [1.54, 1.807) is 0 Å². The van der Waals surface area contributed by atoms with E-state index in [9.17, 15) is 0 Å². The van der Waals surface area contributed by atoms with Crippen molar-refractivity contribution in [3.05, 3.63) is 223 Å². The third kappa shape index (κ3) is 6.79. The number of benzene rings is 7. The Morgan fingerprint density at radius 1 is 0.404 bits per heavy atom. The minimum absolute atomic E-state index is 0.649. The van der Waals surface area contributed by atoms with Gasteiger partial charge in [0.25, 0.3) is 0 Å². The van der Waals surface area contributed by atoms with Crippen molar-refractivity contribution in [3.8, 4) is 67.5 Å². The van der Waals surface area contributed by atoms with Gasteiger partial charge in [0.15, 0.2) is 17.5 Å². The van der Waals surface area contributed by atoms with E-state index in [1.807, 2.05) is 60.7 Å². The van der Waals surface area contributed by atoms with Crippen LogP contribution in [0.2, 0.25) is 0 Å². The molecule has 4 heteroatoms. The molecule has 0 fully saturated rings. The molecule has 0 saturated carbocycles. The Balaban J connectivity index is 1.03. The van der Waals surface area contributed by atoms with Gasteiger partial charge in [-0.15, -0.1) is 0 Å². The van der Waals surface area contributed by atoms with Crippen LogP contribution in [0.3, 0.4) is 0 Å². The molecule has 10 rings (SSSR count). The van der Waals surface area contributed by atoms with Crippen LogP contribution >= 0.6 is 0 Å². The molecule has 1 heterocycles. The molecule has 1 aromatic heterocycles. The highest BCUT2D eigenvalue weighted by molar-refractivity contribution is 5.92. The van der Waals surface area contributed by atoms with Crippen molar-refractivity contribution in [3.63, 3.8) is 0 Å². The first-order valence-corrected chi connectivity index (χ1v) is 19.5. The van der Waals surface area contributed by atoms with E-state index in [1.165, 1.54) is 38.9 Å². The molecular weight excluding hydrogens is 693 g/mol. The van der Waals surface area contributed by atoms with Gasteiger partial charge in [0.05, 0.1) is 0 Å². The standard InChI is InChI=1S/C53H38N4/c1-2-13-26-45(25-12-1)57(46-30-28-38(29-31-46)37-16-6-3-7-17-37)47-32-33-49-44(36-47)35-42-23-15-27-48(50(42)49)41-22-14-24-43(34-41)53-55-51(39-18-8-4-9-19-39)54-52(56-53)40-20-10-5-11-21-40/h1,3-34,36H,2,35H2. The summed E-state index contributed by atoms with van der Waals surface area (Å²) < 4.78 is 0. The van der Waals surface area contributed by atoms with Gasteiger partial charge in [-0.1, -0.05) is 164 Å². The summed E-state index contributed by atoms with van der Waals surface area (Å²) in [5, 5.41) is 0. The maximum atomic E-state index is 5.02. The molecule has 0 bridgehead atoms. The number of anilines is 2. The predicted molar refractivity (Wildman–Crippen MR) is 235 cm³/mol. The quantitative estimate of drug-likeness (QED) is 0.156. The van der Waals surface area contributed by atoms with Crippen LogP contribution in [0.4, 0.5) is 11.4 Å². The van der Waals surface area contributed by atoms with Crippen molar-refractivity contribution in [2.24, 2.45) is 0 Å². The van der Waals surface area contributed by atoms with Crippen LogP contribution < -0.4 is 4.90 Å². The molecule has 0 saturated heterocycles. The van der Waals surface area contributed by atoms with E-state index in [-0.39, 0.29) is 0 Å². The minimum Gasteiger partial charge on any atom is -0.311 e. The molecule has 0 unspecified atom stereocenters. The number of hydrogen-bond donors (Lipinski definition) is 0. The molecule has 0 aliphatic heterocycles. The summed E-state index contributed by atoms with van der Waals surface area (Å²) in [5.41, 5.74) is 16.2. The summed E-state index contributed by atoms with van der Waals surface area (Å²) in [6.07, 6.45) is 12.8. The van der Waals surface area contributed by atoms with Crippen molar-refractivity contribution in [2.45, 2.75) is 12.8 Å². The van der Waals surface area contributed by atoms with Crippen LogP contribution in [-0.2, 0) is 6.42 Å². The van der Waals surface area contributed by atoms with Crippen LogP contribution in [0.15, 0.2) is 212 Å². The van der Waals surface area contributed by atoms with E-state index in [0.29, 0.717) is 17.5 Å². The van der Waals surface area contributed by atoms with Gasteiger partial charge in [-0.2, -0.15) is 0 Å². The van der Waals surface area contributed by atoms with Gasteiger partial charge in [0.2, 0.25) is 0 Å². The fourth-order valence-corrected chi connectivity index (χ4v) is 7.98. The van der Waals surface area contributed by atoms with E-state index in [0.717, 1.165) is 52.2 Å². The lowest BCUT2D eigenvalue weighted by Gasteiger charge is -2.27. The maximum absolute atomic E-state index is 5.02. The van der Waals surface area contributed by atoms with E-state index >= 15 is 0 Å². The Labute approximate surface area is 333 Å². The fourth-order valence-electron chi connectivity index (χ4n) is 7.98. The lowest BCUT2D eigenvalue weighted by atomic mass is 9.93. The first-order chi connectivity index (χ1) is 28.2. The second-order valence-electron chi connectivity index (χ2n) is 14.4. The molecule has 0 radical (unpaired) electrons. The van der Waals surface area contributed by atoms with Crippen LogP contribution in [0.5, 0.6) is 0 Å². The molecule has 0 atom stereocenters. The molecule has 0 amide bonds. The summed E-state index contributed by atoms with van der Waals surface area (Å²) in [4.78, 5) is 17.3. The molecule has 270 valence electrons. The van der Waals surface area contributed by atoms with E-state index < -0.39 is 0 Å². The molecule has 7 aromatic carbocycles. The van der Waals surface area contributed by atoms with Gasteiger partial charge in [-0.05, 0) is 99.8 Å². The zero-order valence-corrected chi connectivity index (χ0v) is 31.3. The molecule has 57 heavy (non-hydrogen) atoms. The average molecular weight is 731 g/mol. The fraction of sp³-hybridized carbons (Fsp3) is 0.0377. The molecule has 0 N–H and O–H groups in total. The Bertz CT molecular complexity index is 2760. The van der Waals surface area contributed by atoms with Gasteiger partial charge in [0, 0.05) is 33.8 Å². The zero-order valence-electron chi connectivity index (χ0n) is 31.3. The molecule has 4 nitrogen and oxygen atoms in total. The Hall–Kier alpha value is -7.43. The van der Waals surface area contributed by atoms with E-state index in [4.69, 9.17) is 15.0 Å². The van der Waals surface area contributed by atoms with Gasteiger partial charge in [0.1, 0.15) is 0 Å². The largest absolute Gasteiger partial charge is 0.311 e. The van der Waals surface area contributed by atoms with Gasteiger partial charge in [-0.3, -0.25) is 0 Å². The number of allylic oxidation sites excluding steroid dienone is 5. The predicted octanol–water partition coefficient (Wildman–Crippen LogP) is 13.3. The zero-order chi connectivity index (χ0) is 38.0. The van der Waals surface area contributed by atoms with Crippen LogP contribution in [-0.4, -0.2) is 15.0 Å². The molecule has 2 aliphatic carbocycles. The number of rotatable bonds is 8. The second kappa shape index (κ2) is 15.0. The van der Waals surface area contributed by atoms with Gasteiger partial charge < -0.3 is 4.90 Å². The summed E-state index contributed by atoms with van der Waals surface area (Å²) >= 11 is 0. The smallest absolute Gasteiger partial charge is 0.164 e. The van der Waals surface area contributed by atoms with Crippen molar-refractivity contribution in [2.75, 3.05) is 4.90 Å². The third-order valence-electron chi connectivity index (χ3n) is 10.7. The first kappa shape index (κ1) is 34.1. The van der Waals surface area contributed by atoms with Crippen LogP contribution in [0.1, 0.15) is 17.5 Å². The topological polar surface area (TPSA) is 41.9 Å². The summed E-state index contributed by atoms with van der Waals surface area (Å²) in [7, 11) is 0. The maximum Gasteiger partial charge on any atom is 0.164 e. The average Bonchev–Trinajstić information content (AvgIpc) is 3.45. The van der Waals surface area contributed by atoms with Crippen molar-refractivity contribution < 1.29 is 0 Å². The monoisotopic (exact) mass is 730 g/mol. The van der Waals surface area contributed by atoms with Crippen LogP contribution in [0, 0.1) is 0 Å². The molecule has 2 aliphatic rings. The summed E-state index contributed by atoms with van der Waals surface area (Å²) in [6.45, 7) is 0. The lowest BCUT2D eigenvalue weighted by Crippen LogP contribution is -2.15. The Morgan fingerprint density at radius 2 is 0.982 bits per heavy atom. The second-order valence-corrected chi connectivity index (χ2v) is 14.4. The van der Waals surface area contributed by atoms with Crippen molar-refractivity contribution in [1.29, 1.82) is 0 Å². The highest BCUT2D eigenvalue weighted by Gasteiger charge is 2.25. The Morgan fingerprint density at radius 3 is 1.68 bits per heavy atom. The molecule has 8 aromatic rings. The van der Waals surface area contributed by atoms with Crippen molar-refractivity contribution >= 4 is 11.4 Å². The summed E-state index contributed by atoms with van der Waals surface area (Å²) in [6, 6.07) is 62.0. The number of fused-ring (bicyclic) bond motifs is 3. The number of aromatic nitrogens is 3. The SMILES string of the molecule is C1=CCC=CC(N(c2ccc(-c3ccccc3)cc2)c2ccc3c(c2)Cc2cccc(-c4cccc(-c5nc(-c6ccccc6)nc(-c6ccccc6)n5)c4)c2-3)=C1. The van der Waals surface area contributed by atoms with Gasteiger partial charge >= 0.3 is 0 Å². The third-order valence-corrected chi connectivity index (χ3v) is 10.7.